The normalized spacial score (nSPS) is 22.3. The van der Waals surface area contributed by atoms with Crippen molar-refractivity contribution >= 4 is 11.7 Å². The van der Waals surface area contributed by atoms with Crippen molar-refractivity contribution in [1.29, 1.82) is 0 Å². The number of amides is 1. The van der Waals surface area contributed by atoms with Gasteiger partial charge in [0.2, 0.25) is 0 Å². The van der Waals surface area contributed by atoms with Crippen molar-refractivity contribution < 1.29 is 9.53 Å². The fourth-order valence-corrected chi connectivity index (χ4v) is 4.39. The van der Waals surface area contributed by atoms with Crippen molar-refractivity contribution in [2.45, 2.75) is 45.1 Å². The standard InChI is InChI=1S/C24H31N3O2/c1-18-9-11-19(12-10-18)22-20(7-6-16-29-22)17-26-23-21(8-5-13-25-23)24(28)27-14-3-2-4-15-27/h5,8-13,20,22H,2-4,6-7,14-17H2,1H3,(H,25,26). The number of piperidine rings is 1. The van der Waals surface area contributed by atoms with E-state index in [-0.39, 0.29) is 12.0 Å². The first-order valence-electron chi connectivity index (χ1n) is 10.9. The number of hydrogen-bond acceptors (Lipinski definition) is 4. The minimum atomic E-state index is 0.0850. The molecule has 0 spiro atoms. The number of nitrogens with one attached hydrogen (secondary N) is 1. The Labute approximate surface area is 173 Å². The van der Waals surface area contributed by atoms with E-state index in [1.165, 1.54) is 17.5 Å². The molecule has 2 aliphatic rings. The Balaban J connectivity index is 1.46. The van der Waals surface area contributed by atoms with Crippen LogP contribution in [0.3, 0.4) is 0 Å². The number of rotatable bonds is 5. The molecule has 0 radical (unpaired) electrons. The lowest BCUT2D eigenvalue weighted by atomic mass is 9.89. The van der Waals surface area contributed by atoms with E-state index in [4.69, 9.17) is 4.74 Å². The number of carbonyl (C=O) groups excluding carboxylic acids is 1. The largest absolute Gasteiger partial charge is 0.373 e. The van der Waals surface area contributed by atoms with Gasteiger partial charge in [-0.15, -0.1) is 0 Å². The average Bonchev–Trinajstić information content (AvgIpc) is 2.79. The molecule has 154 valence electrons. The molecule has 29 heavy (non-hydrogen) atoms. The monoisotopic (exact) mass is 393 g/mol. The first-order chi connectivity index (χ1) is 14.2. The van der Waals surface area contributed by atoms with Gasteiger partial charge >= 0.3 is 0 Å². The summed E-state index contributed by atoms with van der Waals surface area (Å²) in [5.74, 6) is 1.14. The number of aryl methyl sites for hydroxylation is 1. The van der Waals surface area contributed by atoms with Crippen molar-refractivity contribution in [1.82, 2.24) is 9.88 Å². The van der Waals surface area contributed by atoms with Gasteiger partial charge in [-0.3, -0.25) is 4.79 Å². The van der Waals surface area contributed by atoms with E-state index in [2.05, 4.69) is 41.5 Å². The molecule has 0 bridgehead atoms. The van der Waals surface area contributed by atoms with E-state index in [9.17, 15) is 4.79 Å². The van der Waals surface area contributed by atoms with Gasteiger partial charge in [-0.25, -0.2) is 4.98 Å². The van der Waals surface area contributed by atoms with Gasteiger partial charge < -0.3 is 15.0 Å². The van der Waals surface area contributed by atoms with Gasteiger partial charge in [0.15, 0.2) is 0 Å². The van der Waals surface area contributed by atoms with E-state index in [1.54, 1.807) is 6.20 Å². The summed E-state index contributed by atoms with van der Waals surface area (Å²) < 4.78 is 6.14. The second-order valence-corrected chi connectivity index (χ2v) is 8.24. The van der Waals surface area contributed by atoms with Gasteiger partial charge in [-0.1, -0.05) is 29.8 Å². The summed E-state index contributed by atoms with van der Waals surface area (Å²) in [6, 6.07) is 12.4. The lowest BCUT2D eigenvalue weighted by Gasteiger charge is -2.33. The summed E-state index contributed by atoms with van der Waals surface area (Å²) in [7, 11) is 0. The summed E-state index contributed by atoms with van der Waals surface area (Å²) in [6.45, 7) is 5.35. The van der Waals surface area contributed by atoms with E-state index in [1.807, 2.05) is 17.0 Å². The zero-order chi connectivity index (χ0) is 20.1. The molecule has 1 N–H and O–H groups in total. The minimum Gasteiger partial charge on any atom is -0.373 e. The second-order valence-electron chi connectivity index (χ2n) is 8.24. The van der Waals surface area contributed by atoms with E-state index < -0.39 is 0 Å². The Morgan fingerprint density at radius 3 is 2.72 bits per heavy atom. The van der Waals surface area contributed by atoms with Gasteiger partial charge in [-0.05, 0) is 56.7 Å². The maximum absolute atomic E-state index is 13.0. The zero-order valence-corrected chi connectivity index (χ0v) is 17.3. The van der Waals surface area contributed by atoms with Gasteiger partial charge in [0.1, 0.15) is 5.82 Å². The molecular formula is C24H31N3O2. The number of aromatic nitrogens is 1. The summed E-state index contributed by atoms with van der Waals surface area (Å²) in [6.07, 6.45) is 7.40. The maximum atomic E-state index is 13.0. The summed E-state index contributed by atoms with van der Waals surface area (Å²) in [5, 5.41) is 3.48. The topological polar surface area (TPSA) is 54.5 Å². The third-order valence-corrected chi connectivity index (χ3v) is 6.06. The first-order valence-corrected chi connectivity index (χ1v) is 10.9. The summed E-state index contributed by atoms with van der Waals surface area (Å²) >= 11 is 0. The number of likely N-dealkylation sites (tertiary alicyclic amines) is 1. The number of benzene rings is 1. The van der Waals surface area contributed by atoms with E-state index >= 15 is 0 Å². The van der Waals surface area contributed by atoms with E-state index in [0.717, 1.165) is 51.9 Å². The minimum absolute atomic E-state index is 0.0850. The van der Waals surface area contributed by atoms with Gasteiger partial charge in [0, 0.05) is 38.4 Å². The molecule has 0 saturated carbocycles. The molecule has 5 nitrogen and oxygen atoms in total. The van der Waals surface area contributed by atoms with Crippen molar-refractivity contribution in [2.24, 2.45) is 5.92 Å². The Morgan fingerprint density at radius 1 is 1.14 bits per heavy atom. The molecule has 3 heterocycles. The van der Waals surface area contributed by atoms with Gasteiger partial charge in [-0.2, -0.15) is 0 Å². The van der Waals surface area contributed by atoms with Crippen LogP contribution in [-0.4, -0.2) is 42.0 Å². The molecule has 1 aromatic carbocycles. The molecule has 2 aliphatic heterocycles. The number of carbonyl (C=O) groups is 1. The smallest absolute Gasteiger partial charge is 0.257 e. The predicted molar refractivity (Wildman–Crippen MR) is 115 cm³/mol. The highest BCUT2D eigenvalue weighted by Crippen LogP contribution is 2.34. The van der Waals surface area contributed by atoms with E-state index in [0.29, 0.717) is 17.3 Å². The van der Waals surface area contributed by atoms with Gasteiger partial charge in [0.25, 0.3) is 5.91 Å². The lowest BCUT2D eigenvalue weighted by Crippen LogP contribution is -2.36. The molecule has 2 fully saturated rings. The van der Waals surface area contributed by atoms with Crippen LogP contribution in [0.5, 0.6) is 0 Å². The van der Waals surface area contributed by atoms with Crippen LogP contribution in [0.4, 0.5) is 5.82 Å². The molecular weight excluding hydrogens is 362 g/mol. The number of pyridine rings is 1. The first kappa shape index (κ1) is 19.9. The van der Waals surface area contributed by atoms with Crippen molar-refractivity contribution in [3.63, 3.8) is 0 Å². The molecule has 2 atom stereocenters. The van der Waals surface area contributed by atoms with Crippen LogP contribution in [0.1, 0.15) is 59.7 Å². The average molecular weight is 394 g/mol. The van der Waals surface area contributed by atoms with Crippen LogP contribution in [0.15, 0.2) is 42.6 Å². The molecule has 4 rings (SSSR count). The predicted octanol–water partition coefficient (Wildman–Crippen LogP) is 4.60. The fraction of sp³-hybridized carbons (Fsp3) is 0.500. The third-order valence-electron chi connectivity index (χ3n) is 6.06. The highest BCUT2D eigenvalue weighted by molar-refractivity contribution is 5.98. The lowest BCUT2D eigenvalue weighted by molar-refractivity contribution is -0.0238. The second kappa shape index (κ2) is 9.40. The van der Waals surface area contributed by atoms with Crippen LogP contribution < -0.4 is 5.32 Å². The van der Waals surface area contributed by atoms with Crippen LogP contribution >= 0.6 is 0 Å². The van der Waals surface area contributed by atoms with Gasteiger partial charge in [0.05, 0.1) is 11.7 Å². The molecule has 2 unspecified atom stereocenters. The van der Waals surface area contributed by atoms with Crippen LogP contribution in [-0.2, 0) is 4.74 Å². The van der Waals surface area contributed by atoms with Crippen LogP contribution in [0, 0.1) is 12.8 Å². The molecule has 2 aromatic rings. The molecule has 0 aliphatic carbocycles. The highest BCUT2D eigenvalue weighted by atomic mass is 16.5. The van der Waals surface area contributed by atoms with Crippen molar-refractivity contribution in [2.75, 3.05) is 31.6 Å². The van der Waals surface area contributed by atoms with Crippen LogP contribution in [0.25, 0.3) is 0 Å². The Kier molecular flexibility index (Phi) is 6.45. The summed E-state index contributed by atoms with van der Waals surface area (Å²) in [4.78, 5) is 19.5. The van der Waals surface area contributed by atoms with Crippen molar-refractivity contribution in [3.05, 3.63) is 59.3 Å². The molecule has 1 amide bonds. The van der Waals surface area contributed by atoms with Crippen molar-refractivity contribution in [3.8, 4) is 0 Å². The molecule has 2 saturated heterocycles. The fourth-order valence-electron chi connectivity index (χ4n) is 4.39. The maximum Gasteiger partial charge on any atom is 0.257 e. The Hall–Kier alpha value is -2.40. The Morgan fingerprint density at radius 2 is 1.93 bits per heavy atom. The Bertz CT molecular complexity index is 815. The zero-order valence-electron chi connectivity index (χ0n) is 17.3. The molecule has 1 aromatic heterocycles. The third kappa shape index (κ3) is 4.78. The molecule has 5 heteroatoms. The number of hydrogen-bond donors (Lipinski definition) is 1. The quantitative estimate of drug-likeness (QED) is 0.807. The SMILES string of the molecule is Cc1ccc(C2OCCCC2CNc2ncccc2C(=O)N2CCCCC2)cc1. The number of anilines is 1. The highest BCUT2D eigenvalue weighted by Gasteiger charge is 2.28. The number of ether oxygens (including phenoxy) is 1. The summed E-state index contributed by atoms with van der Waals surface area (Å²) in [5.41, 5.74) is 3.17. The number of nitrogens with zero attached hydrogens (tertiary/aromatic N) is 2. The van der Waals surface area contributed by atoms with Crippen LogP contribution in [0.2, 0.25) is 0 Å².